The lowest BCUT2D eigenvalue weighted by Gasteiger charge is -2.41. The van der Waals surface area contributed by atoms with E-state index in [1.165, 1.54) is 64.2 Å². The molecule has 0 aromatic carbocycles. The predicted molar refractivity (Wildman–Crippen MR) is 253 cm³/mol. The summed E-state index contributed by atoms with van der Waals surface area (Å²) in [6.45, 7) is 4.12. The third kappa shape index (κ3) is 32.4. The number of phosphoric acid groups is 1. The molecule has 1 aliphatic carbocycles. The van der Waals surface area contributed by atoms with E-state index in [1.54, 1.807) is 0 Å². The summed E-state index contributed by atoms with van der Waals surface area (Å²) in [7, 11) is -5.03. The maximum Gasteiger partial charge on any atom is 0.472 e. The van der Waals surface area contributed by atoms with E-state index in [0.717, 1.165) is 96.3 Å². The van der Waals surface area contributed by atoms with Gasteiger partial charge in [0.2, 0.25) is 0 Å². The van der Waals surface area contributed by atoms with Crippen molar-refractivity contribution in [3.63, 3.8) is 0 Å². The van der Waals surface area contributed by atoms with Crippen LogP contribution >= 0.6 is 7.82 Å². The van der Waals surface area contributed by atoms with Gasteiger partial charge in [-0.05, 0) is 77.0 Å². The van der Waals surface area contributed by atoms with E-state index in [1.807, 2.05) is 0 Å². The number of allylic oxidation sites excluding steroid dienone is 10. The predicted octanol–water partition coefficient (Wildman–Crippen LogP) is 10.6. The van der Waals surface area contributed by atoms with Crippen LogP contribution in [0.15, 0.2) is 60.8 Å². The van der Waals surface area contributed by atoms with E-state index in [4.69, 9.17) is 18.5 Å². The van der Waals surface area contributed by atoms with Gasteiger partial charge in [0.15, 0.2) is 0 Å². The Bertz CT molecular complexity index is 1270. The number of rotatable bonds is 41. The minimum Gasteiger partial charge on any atom is -0.457 e. The van der Waals surface area contributed by atoms with Crippen LogP contribution in [0.2, 0.25) is 0 Å². The molecule has 12 nitrogen and oxygen atoms in total. The van der Waals surface area contributed by atoms with Gasteiger partial charge in [-0.3, -0.25) is 13.8 Å². The van der Waals surface area contributed by atoms with Crippen LogP contribution in [0, 0.1) is 0 Å². The molecule has 0 radical (unpaired) electrons. The van der Waals surface area contributed by atoms with Gasteiger partial charge in [0, 0.05) is 13.0 Å². The minimum absolute atomic E-state index is 0.0888. The van der Waals surface area contributed by atoms with Gasteiger partial charge in [-0.15, -0.1) is 0 Å². The van der Waals surface area contributed by atoms with Crippen molar-refractivity contribution >= 4 is 13.8 Å². The van der Waals surface area contributed by atoms with Gasteiger partial charge in [0.25, 0.3) is 0 Å². The SMILES string of the molecule is CC/C=C\C/C=C\C/C=C\C/C=C\CCCCCCCCC(=O)OC(COCCCCCCCC/C=C\CCCCCCCCC)COP(=O)(O)OC1C(O)C(O)C(O)C(O)C1O. The van der Waals surface area contributed by atoms with Crippen LogP contribution in [0.1, 0.15) is 187 Å². The first-order chi connectivity index (χ1) is 30.5. The molecule has 0 saturated heterocycles. The van der Waals surface area contributed by atoms with Crippen molar-refractivity contribution in [2.75, 3.05) is 19.8 Å². The molecular formula is C50H89O12P. The van der Waals surface area contributed by atoms with Crippen molar-refractivity contribution in [3.05, 3.63) is 60.8 Å². The molecule has 0 aromatic heterocycles. The molecule has 1 saturated carbocycles. The summed E-state index contributed by atoms with van der Waals surface area (Å²) in [6, 6.07) is 0. The second-order valence-corrected chi connectivity index (χ2v) is 18.3. The maximum absolute atomic E-state index is 12.8. The molecule has 1 fully saturated rings. The normalized spacial score (nSPS) is 22.3. The van der Waals surface area contributed by atoms with E-state index in [2.05, 4.69) is 74.6 Å². The average molecular weight is 913 g/mol. The van der Waals surface area contributed by atoms with Crippen molar-refractivity contribution < 1.29 is 58.3 Å². The Morgan fingerprint density at radius 1 is 0.524 bits per heavy atom. The Labute approximate surface area is 381 Å². The molecule has 0 aromatic rings. The molecule has 0 spiro atoms. The Hall–Kier alpha value is -1.96. The summed E-state index contributed by atoms with van der Waals surface area (Å²) in [5.74, 6) is -0.494. The summed E-state index contributed by atoms with van der Waals surface area (Å²) < 4.78 is 34.2. The van der Waals surface area contributed by atoms with Crippen LogP contribution in [-0.2, 0) is 27.9 Å². The smallest absolute Gasteiger partial charge is 0.457 e. The van der Waals surface area contributed by atoms with Gasteiger partial charge in [0.1, 0.15) is 42.7 Å². The van der Waals surface area contributed by atoms with Crippen molar-refractivity contribution in [1.82, 2.24) is 0 Å². The molecule has 6 unspecified atom stereocenters. The lowest BCUT2D eigenvalue weighted by molar-refractivity contribution is -0.220. The van der Waals surface area contributed by atoms with Gasteiger partial charge in [0.05, 0.1) is 13.2 Å². The van der Waals surface area contributed by atoms with Crippen LogP contribution in [0.25, 0.3) is 0 Å². The van der Waals surface area contributed by atoms with Crippen molar-refractivity contribution in [1.29, 1.82) is 0 Å². The number of hydrogen-bond acceptors (Lipinski definition) is 11. The van der Waals surface area contributed by atoms with Crippen molar-refractivity contribution in [3.8, 4) is 0 Å². The Morgan fingerprint density at radius 3 is 1.44 bits per heavy atom. The molecule has 6 atom stereocenters. The minimum atomic E-state index is -5.03. The highest BCUT2D eigenvalue weighted by Crippen LogP contribution is 2.47. The van der Waals surface area contributed by atoms with E-state index in [9.17, 15) is 39.8 Å². The Balaban J connectivity index is 2.39. The highest BCUT2D eigenvalue weighted by atomic mass is 31.2. The Kier molecular flexibility index (Phi) is 37.8. The summed E-state index contributed by atoms with van der Waals surface area (Å²) in [6.07, 6.45) is 38.5. The molecule has 13 heteroatoms. The summed E-state index contributed by atoms with van der Waals surface area (Å²) >= 11 is 0. The molecule has 0 bridgehead atoms. The molecule has 0 aliphatic heterocycles. The fraction of sp³-hybridized carbons (Fsp3) is 0.780. The fourth-order valence-corrected chi connectivity index (χ4v) is 8.20. The van der Waals surface area contributed by atoms with Gasteiger partial charge < -0.3 is 39.9 Å². The largest absolute Gasteiger partial charge is 0.472 e. The molecule has 1 rings (SSSR count). The molecule has 0 heterocycles. The van der Waals surface area contributed by atoms with Crippen molar-refractivity contribution in [2.45, 2.75) is 230 Å². The number of carbonyl (C=O) groups excluding carboxylic acids is 1. The molecule has 0 amide bonds. The molecule has 6 N–H and O–H groups in total. The topological polar surface area (TPSA) is 192 Å². The molecular weight excluding hydrogens is 824 g/mol. The van der Waals surface area contributed by atoms with E-state index in [-0.39, 0.29) is 13.0 Å². The number of aliphatic hydroxyl groups excluding tert-OH is 5. The number of hydrogen-bond donors (Lipinski definition) is 6. The number of carbonyl (C=O) groups is 1. The van der Waals surface area contributed by atoms with Crippen LogP contribution < -0.4 is 0 Å². The van der Waals surface area contributed by atoms with E-state index in [0.29, 0.717) is 13.0 Å². The second kappa shape index (κ2) is 40.3. The molecule has 366 valence electrons. The number of esters is 1. The number of phosphoric ester groups is 1. The highest BCUT2D eigenvalue weighted by Gasteiger charge is 2.51. The van der Waals surface area contributed by atoms with Gasteiger partial charge >= 0.3 is 13.8 Å². The third-order valence-corrected chi connectivity index (χ3v) is 12.1. The summed E-state index contributed by atoms with van der Waals surface area (Å²) in [5.41, 5.74) is 0. The first kappa shape index (κ1) is 59.1. The lowest BCUT2D eigenvalue weighted by Crippen LogP contribution is -2.64. The summed E-state index contributed by atoms with van der Waals surface area (Å²) in [5, 5.41) is 50.3. The number of aliphatic hydroxyl groups is 5. The summed E-state index contributed by atoms with van der Waals surface area (Å²) in [4.78, 5) is 23.2. The van der Waals surface area contributed by atoms with Crippen molar-refractivity contribution in [2.24, 2.45) is 0 Å². The van der Waals surface area contributed by atoms with Gasteiger partial charge in [-0.2, -0.15) is 0 Å². The maximum atomic E-state index is 12.8. The molecule has 63 heavy (non-hydrogen) atoms. The first-order valence-electron chi connectivity index (χ1n) is 24.6. The zero-order chi connectivity index (χ0) is 46.2. The van der Waals surface area contributed by atoms with Crippen LogP contribution in [0.4, 0.5) is 0 Å². The monoisotopic (exact) mass is 913 g/mol. The van der Waals surface area contributed by atoms with E-state index >= 15 is 0 Å². The average Bonchev–Trinajstić information content (AvgIpc) is 3.27. The first-order valence-corrected chi connectivity index (χ1v) is 26.1. The number of ether oxygens (including phenoxy) is 2. The van der Waals surface area contributed by atoms with Gasteiger partial charge in [-0.25, -0.2) is 4.57 Å². The van der Waals surface area contributed by atoms with Crippen LogP contribution in [-0.4, -0.2) is 98.9 Å². The van der Waals surface area contributed by atoms with Gasteiger partial charge in [-0.1, -0.05) is 164 Å². The highest BCUT2D eigenvalue weighted by molar-refractivity contribution is 7.47. The zero-order valence-electron chi connectivity index (χ0n) is 39.1. The standard InChI is InChI=1S/C50H89O12P/c1-3-5-7-9-11-13-15-17-19-21-22-23-25-27-29-31-33-35-37-39-44(51)61-43(42-60-63(57,58)62-50-48(55)46(53)45(52)47(54)49(50)56)41-59-40-38-36-34-32-30-28-26-24-20-18-16-14-12-10-8-6-4-2/h5,7,11,13,17,19-20,22-24,43,45-50,52-56H,3-4,6,8-10,12,14-16,18,21,25-42H2,1-2H3,(H,57,58)/b7-5-,13-11-,19-17-,23-22-,24-20-. The number of unbranched alkanes of at least 4 members (excludes halogenated alkanes) is 19. The quantitative estimate of drug-likeness (QED) is 0.0147. The lowest BCUT2D eigenvalue weighted by atomic mass is 9.85. The zero-order valence-corrected chi connectivity index (χ0v) is 40.0. The third-order valence-electron chi connectivity index (χ3n) is 11.1. The molecule has 1 aliphatic rings. The van der Waals surface area contributed by atoms with Crippen LogP contribution in [0.5, 0.6) is 0 Å². The second-order valence-electron chi connectivity index (χ2n) is 16.9. The van der Waals surface area contributed by atoms with Crippen LogP contribution in [0.3, 0.4) is 0 Å². The fourth-order valence-electron chi connectivity index (χ4n) is 7.22. The Morgan fingerprint density at radius 2 is 0.937 bits per heavy atom. The van der Waals surface area contributed by atoms with E-state index < -0.39 is 63.1 Å².